The Morgan fingerprint density at radius 1 is 1.40 bits per heavy atom. The minimum absolute atomic E-state index is 0.0511. The molecule has 1 atom stereocenters. The molecule has 0 aliphatic heterocycles. The minimum Gasteiger partial charge on any atom is -0.380 e. The molecule has 0 radical (unpaired) electrons. The molecule has 4 nitrogen and oxygen atoms in total. The molecule has 2 rings (SSSR count). The van der Waals surface area contributed by atoms with Gasteiger partial charge in [-0.25, -0.2) is 0 Å². The van der Waals surface area contributed by atoms with Gasteiger partial charge in [-0.15, -0.1) is 0 Å². The van der Waals surface area contributed by atoms with E-state index in [-0.39, 0.29) is 11.6 Å². The second-order valence-corrected chi connectivity index (χ2v) is 4.95. The first-order valence-electron chi connectivity index (χ1n) is 6.30. The van der Waals surface area contributed by atoms with Gasteiger partial charge in [-0.3, -0.25) is 4.79 Å². The molecule has 110 valence electrons. The molecule has 1 amide bonds. The second kappa shape index (κ2) is 5.32. The zero-order valence-electron chi connectivity index (χ0n) is 10.7. The zero-order valence-corrected chi connectivity index (χ0v) is 10.7. The third-order valence-electron chi connectivity index (χ3n) is 3.40. The molecule has 0 spiro atoms. The largest absolute Gasteiger partial charge is 0.416 e. The number of halogens is 3. The molecular formula is C13H16F3N3O. The Kier molecular flexibility index (Phi) is 3.89. The van der Waals surface area contributed by atoms with Crippen LogP contribution in [0.4, 0.5) is 18.9 Å². The van der Waals surface area contributed by atoms with Gasteiger partial charge in [0.25, 0.3) is 5.91 Å². The van der Waals surface area contributed by atoms with Crippen LogP contribution in [-0.4, -0.2) is 18.5 Å². The average Bonchev–Trinajstić information content (AvgIpc) is 3.18. The maximum absolute atomic E-state index is 12.6. The fraction of sp³-hybridized carbons (Fsp3) is 0.462. The van der Waals surface area contributed by atoms with Crippen molar-refractivity contribution >= 4 is 11.6 Å². The molecule has 7 heteroatoms. The lowest BCUT2D eigenvalue weighted by atomic mass is 10.1. The van der Waals surface area contributed by atoms with Gasteiger partial charge in [0, 0.05) is 18.3 Å². The maximum Gasteiger partial charge on any atom is 0.416 e. The summed E-state index contributed by atoms with van der Waals surface area (Å²) in [6.07, 6.45) is -2.45. The Balaban J connectivity index is 2.30. The summed E-state index contributed by atoms with van der Waals surface area (Å²) in [5, 5.41) is 3.03. The van der Waals surface area contributed by atoms with Crippen LogP contribution < -0.4 is 16.8 Å². The van der Waals surface area contributed by atoms with Gasteiger partial charge < -0.3 is 16.8 Å². The van der Waals surface area contributed by atoms with Gasteiger partial charge in [0.2, 0.25) is 0 Å². The third kappa shape index (κ3) is 3.22. The lowest BCUT2D eigenvalue weighted by Crippen LogP contribution is -2.32. The van der Waals surface area contributed by atoms with Crippen LogP contribution in [0.15, 0.2) is 18.2 Å². The number of benzene rings is 1. The van der Waals surface area contributed by atoms with Gasteiger partial charge in [0.1, 0.15) is 0 Å². The summed E-state index contributed by atoms with van der Waals surface area (Å²) in [7, 11) is 0. The molecule has 1 fully saturated rings. The van der Waals surface area contributed by atoms with E-state index in [1.165, 1.54) is 6.07 Å². The van der Waals surface area contributed by atoms with E-state index < -0.39 is 17.6 Å². The van der Waals surface area contributed by atoms with Crippen LogP contribution in [0.2, 0.25) is 0 Å². The SMILES string of the molecule is NCC(Nc1ccc(C(F)(F)F)cc1C(N)=O)C1CC1. The summed E-state index contributed by atoms with van der Waals surface area (Å²) in [6.45, 7) is 0.351. The van der Waals surface area contributed by atoms with Crippen molar-refractivity contribution in [3.8, 4) is 0 Å². The van der Waals surface area contributed by atoms with E-state index in [9.17, 15) is 18.0 Å². The van der Waals surface area contributed by atoms with E-state index in [0.29, 0.717) is 18.2 Å². The minimum atomic E-state index is -4.51. The van der Waals surface area contributed by atoms with E-state index in [4.69, 9.17) is 11.5 Å². The third-order valence-corrected chi connectivity index (χ3v) is 3.40. The van der Waals surface area contributed by atoms with Crippen LogP contribution in [0.5, 0.6) is 0 Å². The lowest BCUT2D eigenvalue weighted by molar-refractivity contribution is -0.137. The molecule has 0 heterocycles. The Hall–Kier alpha value is -1.76. The molecule has 0 bridgehead atoms. The molecule has 5 N–H and O–H groups in total. The van der Waals surface area contributed by atoms with Gasteiger partial charge in [-0.2, -0.15) is 13.2 Å². The van der Waals surface area contributed by atoms with Crippen LogP contribution in [0.1, 0.15) is 28.8 Å². The number of amides is 1. The molecular weight excluding hydrogens is 271 g/mol. The normalized spacial score (nSPS) is 16.8. The maximum atomic E-state index is 12.6. The Morgan fingerprint density at radius 2 is 2.05 bits per heavy atom. The number of anilines is 1. The summed E-state index contributed by atoms with van der Waals surface area (Å²) in [4.78, 5) is 11.3. The predicted molar refractivity (Wildman–Crippen MR) is 69.2 cm³/mol. The number of carbonyl (C=O) groups is 1. The first kappa shape index (κ1) is 14.6. The average molecular weight is 287 g/mol. The molecule has 1 unspecified atom stereocenters. The number of primary amides is 1. The van der Waals surface area contributed by atoms with Crippen molar-refractivity contribution in [2.45, 2.75) is 25.1 Å². The van der Waals surface area contributed by atoms with E-state index >= 15 is 0 Å². The number of nitrogens with one attached hydrogen (secondary N) is 1. The highest BCUT2D eigenvalue weighted by Crippen LogP contribution is 2.36. The van der Waals surface area contributed by atoms with Crippen molar-refractivity contribution in [3.05, 3.63) is 29.3 Å². The molecule has 20 heavy (non-hydrogen) atoms. The van der Waals surface area contributed by atoms with Crippen molar-refractivity contribution in [2.24, 2.45) is 17.4 Å². The van der Waals surface area contributed by atoms with Gasteiger partial charge in [0.15, 0.2) is 0 Å². The van der Waals surface area contributed by atoms with Gasteiger partial charge in [-0.1, -0.05) is 0 Å². The van der Waals surface area contributed by atoms with Crippen molar-refractivity contribution in [1.82, 2.24) is 0 Å². The second-order valence-electron chi connectivity index (χ2n) is 4.95. The number of hydrogen-bond donors (Lipinski definition) is 3. The van der Waals surface area contributed by atoms with E-state index in [1.807, 2.05) is 0 Å². The van der Waals surface area contributed by atoms with Gasteiger partial charge in [0.05, 0.1) is 11.1 Å². The summed E-state index contributed by atoms with van der Waals surface area (Å²) >= 11 is 0. The van der Waals surface area contributed by atoms with Gasteiger partial charge in [-0.05, 0) is 37.0 Å². The van der Waals surface area contributed by atoms with Crippen molar-refractivity contribution in [1.29, 1.82) is 0 Å². The summed E-state index contributed by atoms with van der Waals surface area (Å²) < 4.78 is 37.9. The number of nitrogens with two attached hydrogens (primary N) is 2. The number of rotatable bonds is 5. The number of carbonyl (C=O) groups excluding carboxylic acids is 1. The molecule has 0 aromatic heterocycles. The van der Waals surface area contributed by atoms with Crippen LogP contribution in [0, 0.1) is 5.92 Å². The van der Waals surface area contributed by atoms with E-state index in [0.717, 1.165) is 25.0 Å². The van der Waals surface area contributed by atoms with Gasteiger partial charge >= 0.3 is 6.18 Å². The van der Waals surface area contributed by atoms with Crippen LogP contribution in [0.25, 0.3) is 0 Å². The fourth-order valence-corrected chi connectivity index (χ4v) is 2.12. The van der Waals surface area contributed by atoms with Crippen molar-refractivity contribution in [3.63, 3.8) is 0 Å². The van der Waals surface area contributed by atoms with Crippen LogP contribution in [0.3, 0.4) is 0 Å². The summed E-state index contributed by atoms with van der Waals surface area (Å²) in [6, 6.07) is 2.87. The first-order valence-corrected chi connectivity index (χ1v) is 6.30. The Morgan fingerprint density at radius 3 is 2.50 bits per heavy atom. The lowest BCUT2D eigenvalue weighted by Gasteiger charge is -2.20. The van der Waals surface area contributed by atoms with Crippen molar-refractivity contribution in [2.75, 3.05) is 11.9 Å². The monoisotopic (exact) mass is 287 g/mol. The molecule has 1 aromatic rings. The summed E-state index contributed by atoms with van der Waals surface area (Å²) in [5.41, 5.74) is 10.0. The molecule has 1 aromatic carbocycles. The first-order chi connectivity index (χ1) is 9.32. The predicted octanol–water partition coefficient (Wildman–Crippen LogP) is 1.95. The highest BCUT2D eigenvalue weighted by atomic mass is 19.4. The highest BCUT2D eigenvalue weighted by molar-refractivity contribution is 5.98. The van der Waals surface area contributed by atoms with E-state index in [2.05, 4.69) is 5.32 Å². The highest BCUT2D eigenvalue weighted by Gasteiger charge is 2.33. The summed E-state index contributed by atoms with van der Waals surface area (Å²) in [5.74, 6) is -0.492. The number of hydrogen-bond acceptors (Lipinski definition) is 3. The Bertz CT molecular complexity index is 512. The molecule has 1 aliphatic rings. The standard InChI is InChI=1S/C13H16F3N3O/c14-13(15,16)8-3-4-10(9(5-8)12(18)20)19-11(6-17)7-1-2-7/h3-5,7,11,19H,1-2,6,17H2,(H2,18,20). The van der Waals surface area contributed by atoms with Crippen LogP contribution in [-0.2, 0) is 6.18 Å². The number of alkyl halides is 3. The molecule has 0 saturated heterocycles. The zero-order chi connectivity index (χ0) is 14.9. The fourth-order valence-electron chi connectivity index (χ4n) is 2.12. The topological polar surface area (TPSA) is 81.1 Å². The quantitative estimate of drug-likeness (QED) is 0.774. The van der Waals surface area contributed by atoms with Crippen molar-refractivity contribution < 1.29 is 18.0 Å². The molecule has 1 aliphatic carbocycles. The smallest absolute Gasteiger partial charge is 0.380 e. The van der Waals surface area contributed by atoms with E-state index in [1.54, 1.807) is 0 Å². The molecule has 1 saturated carbocycles. The Labute approximate surface area is 114 Å². The van der Waals surface area contributed by atoms with Crippen LogP contribution >= 0.6 is 0 Å².